The number of hydrogen-bond donors (Lipinski definition) is 1. The van der Waals surface area contributed by atoms with Crippen LogP contribution in [0.2, 0.25) is 0 Å². The van der Waals surface area contributed by atoms with Crippen LogP contribution in [0.4, 0.5) is 13.2 Å². The standard InChI is InChI=1S/C16H16F3N3/c17-11-7-13(19)12(18)6-10(11)9-1-2-15-14(5-9)21-16-8-20-3-4-22(15)16/h6-7,9,20H,1-5,8H2/t9-/m1/s1. The zero-order valence-electron chi connectivity index (χ0n) is 12.0. The van der Waals surface area contributed by atoms with Crippen molar-refractivity contribution in [2.75, 3.05) is 6.54 Å². The van der Waals surface area contributed by atoms with Crippen LogP contribution in [0.3, 0.4) is 0 Å². The summed E-state index contributed by atoms with van der Waals surface area (Å²) in [6.07, 6.45) is 2.11. The molecule has 1 aliphatic carbocycles. The molecule has 3 nitrogen and oxygen atoms in total. The second kappa shape index (κ2) is 5.12. The fraction of sp³-hybridized carbons (Fsp3) is 0.438. The van der Waals surface area contributed by atoms with Gasteiger partial charge in [0.25, 0.3) is 0 Å². The first kappa shape index (κ1) is 13.8. The maximum absolute atomic E-state index is 14.0. The van der Waals surface area contributed by atoms with E-state index in [9.17, 15) is 13.2 Å². The van der Waals surface area contributed by atoms with Crippen molar-refractivity contribution in [3.8, 4) is 0 Å². The van der Waals surface area contributed by atoms with Crippen molar-refractivity contribution >= 4 is 0 Å². The van der Waals surface area contributed by atoms with E-state index < -0.39 is 17.5 Å². The third-order valence-electron chi connectivity index (χ3n) is 4.68. The number of imidazole rings is 1. The molecule has 1 aliphatic heterocycles. The largest absolute Gasteiger partial charge is 0.329 e. The number of rotatable bonds is 1. The van der Waals surface area contributed by atoms with E-state index in [2.05, 4.69) is 14.9 Å². The molecule has 4 rings (SSSR count). The molecule has 0 radical (unpaired) electrons. The molecule has 1 N–H and O–H groups in total. The Morgan fingerprint density at radius 3 is 2.82 bits per heavy atom. The van der Waals surface area contributed by atoms with Crippen molar-refractivity contribution in [3.63, 3.8) is 0 Å². The van der Waals surface area contributed by atoms with E-state index in [1.165, 1.54) is 5.69 Å². The van der Waals surface area contributed by atoms with Crippen molar-refractivity contribution in [3.05, 3.63) is 52.4 Å². The van der Waals surface area contributed by atoms with Crippen LogP contribution >= 0.6 is 0 Å². The maximum Gasteiger partial charge on any atom is 0.161 e. The molecule has 6 heteroatoms. The van der Waals surface area contributed by atoms with E-state index in [0.29, 0.717) is 12.5 Å². The molecule has 1 aromatic heterocycles. The molecule has 116 valence electrons. The van der Waals surface area contributed by atoms with E-state index in [1.54, 1.807) is 0 Å². The SMILES string of the molecule is Fc1cc(F)c([C@@H]2CCc3c(nc4n3CCNC4)C2)cc1F. The molecule has 0 saturated carbocycles. The van der Waals surface area contributed by atoms with Gasteiger partial charge in [-0.15, -0.1) is 0 Å². The van der Waals surface area contributed by atoms with Gasteiger partial charge in [0, 0.05) is 24.8 Å². The number of nitrogens with one attached hydrogen (secondary N) is 1. The lowest BCUT2D eigenvalue weighted by Crippen LogP contribution is -2.29. The molecule has 0 spiro atoms. The van der Waals surface area contributed by atoms with Gasteiger partial charge in [0.05, 0.1) is 12.2 Å². The summed E-state index contributed by atoms with van der Waals surface area (Å²) < 4.78 is 42.7. The van der Waals surface area contributed by atoms with Gasteiger partial charge in [-0.1, -0.05) is 0 Å². The third kappa shape index (κ3) is 2.13. The van der Waals surface area contributed by atoms with E-state index in [-0.39, 0.29) is 11.5 Å². The van der Waals surface area contributed by atoms with Gasteiger partial charge in [0.15, 0.2) is 11.6 Å². The molecule has 1 aromatic carbocycles. The summed E-state index contributed by atoms with van der Waals surface area (Å²) in [5.41, 5.74) is 2.45. The monoisotopic (exact) mass is 307 g/mol. The van der Waals surface area contributed by atoms with E-state index in [4.69, 9.17) is 0 Å². The lowest BCUT2D eigenvalue weighted by Gasteiger charge is -2.24. The number of fused-ring (bicyclic) bond motifs is 3. The number of halogens is 3. The molecular formula is C16H16F3N3. The molecule has 22 heavy (non-hydrogen) atoms. The van der Waals surface area contributed by atoms with Gasteiger partial charge >= 0.3 is 0 Å². The Morgan fingerprint density at radius 2 is 1.95 bits per heavy atom. The van der Waals surface area contributed by atoms with Crippen LogP contribution in [0.5, 0.6) is 0 Å². The smallest absolute Gasteiger partial charge is 0.161 e. The van der Waals surface area contributed by atoms with Gasteiger partial charge < -0.3 is 9.88 Å². The Kier molecular flexibility index (Phi) is 3.22. The Hall–Kier alpha value is -1.82. The molecule has 0 bridgehead atoms. The van der Waals surface area contributed by atoms with Crippen molar-refractivity contribution in [2.45, 2.75) is 38.3 Å². The summed E-state index contributed by atoms with van der Waals surface area (Å²) in [4.78, 5) is 4.65. The first-order valence-electron chi connectivity index (χ1n) is 7.56. The summed E-state index contributed by atoms with van der Waals surface area (Å²) in [5.74, 6) is -1.93. The zero-order chi connectivity index (χ0) is 15.3. The Morgan fingerprint density at radius 1 is 1.14 bits per heavy atom. The lowest BCUT2D eigenvalue weighted by molar-refractivity contribution is 0.464. The topological polar surface area (TPSA) is 29.9 Å². The average Bonchev–Trinajstić information content (AvgIpc) is 2.88. The predicted molar refractivity (Wildman–Crippen MR) is 75.0 cm³/mol. The van der Waals surface area contributed by atoms with E-state index in [0.717, 1.165) is 50.1 Å². The van der Waals surface area contributed by atoms with Crippen LogP contribution in [-0.2, 0) is 25.9 Å². The van der Waals surface area contributed by atoms with E-state index >= 15 is 0 Å². The molecule has 2 aliphatic rings. The summed E-state index contributed by atoms with van der Waals surface area (Å²) >= 11 is 0. The third-order valence-corrected chi connectivity index (χ3v) is 4.68. The fourth-order valence-corrected chi connectivity index (χ4v) is 3.59. The quantitative estimate of drug-likeness (QED) is 0.821. The van der Waals surface area contributed by atoms with Crippen molar-refractivity contribution < 1.29 is 13.2 Å². The van der Waals surface area contributed by atoms with Crippen LogP contribution < -0.4 is 5.32 Å². The van der Waals surface area contributed by atoms with Crippen LogP contribution in [0.15, 0.2) is 12.1 Å². The lowest BCUT2D eigenvalue weighted by atomic mass is 9.84. The first-order chi connectivity index (χ1) is 10.6. The summed E-state index contributed by atoms with van der Waals surface area (Å²) in [5, 5.41) is 3.28. The van der Waals surface area contributed by atoms with Gasteiger partial charge in [0.1, 0.15) is 11.6 Å². The highest BCUT2D eigenvalue weighted by molar-refractivity contribution is 5.30. The van der Waals surface area contributed by atoms with Gasteiger partial charge in [-0.05, 0) is 36.8 Å². The second-order valence-corrected chi connectivity index (χ2v) is 5.98. The highest BCUT2D eigenvalue weighted by Gasteiger charge is 2.29. The molecule has 2 aromatic rings. The molecular weight excluding hydrogens is 291 g/mol. The summed E-state index contributed by atoms with van der Waals surface area (Å²) in [6.45, 7) is 2.58. The van der Waals surface area contributed by atoms with Crippen molar-refractivity contribution in [1.29, 1.82) is 0 Å². The first-order valence-corrected chi connectivity index (χ1v) is 7.56. The minimum Gasteiger partial charge on any atom is -0.329 e. The number of nitrogens with zero attached hydrogens (tertiary/aromatic N) is 2. The van der Waals surface area contributed by atoms with Crippen molar-refractivity contribution in [1.82, 2.24) is 14.9 Å². The summed E-state index contributed by atoms with van der Waals surface area (Å²) in [6, 6.07) is 1.64. The zero-order valence-corrected chi connectivity index (χ0v) is 12.0. The fourth-order valence-electron chi connectivity index (χ4n) is 3.59. The molecule has 0 fully saturated rings. The van der Waals surface area contributed by atoms with Gasteiger partial charge in [-0.3, -0.25) is 0 Å². The molecule has 1 atom stereocenters. The Bertz CT molecular complexity index is 739. The van der Waals surface area contributed by atoms with Crippen LogP contribution in [0.1, 0.15) is 35.1 Å². The van der Waals surface area contributed by atoms with Crippen LogP contribution in [0.25, 0.3) is 0 Å². The number of benzene rings is 1. The highest BCUT2D eigenvalue weighted by atomic mass is 19.2. The average molecular weight is 307 g/mol. The molecule has 0 amide bonds. The Labute approximate surface area is 126 Å². The molecule has 0 saturated heterocycles. The molecule has 0 unspecified atom stereocenters. The highest BCUT2D eigenvalue weighted by Crippen LogP contribution is 2.35. The van der Waals surface area contributed by atoms with Gasteiger partial charge in [-0.25, -0.2) is 18.2 Å². The van der Waals surface area contributed by atoms with Gasteiger partial charge in [0.2, 0.25) is 0 Å². The van der Waals surface area contributed by atoms with Crippen molar-refractivity contribution in [2.24, 2.45) is 0 Å². The predicted octanol–water partition coefficient (Wildman–Crippen LogP) is 2.68. The summed E-state index contributed by atoms with van der Waals surface area (Å²) in [7, 11) is 0. The maximum atomic E-state index is 14.0. The van der Waals surface area contributed by atoms with Crippen LogP contribution in [-0.4, -0.2) is 16.1 Å². The van der Waals surface area contributed by atoms with E-state index in [1.807, 2.05) is 0 Å². The number of aromatic nitrogens is 2. The minimum atomic E-state index is -1.14. The number of hydrogen-bond acceptors (Lipinski definition) is 2. The Balaban J connectivity index is 1.68. The van der Waals surface area contributed by atoms with Gasteiger partial charge in [-0.2, -0.15) is 0 Å². The second-order valence-electron chi connectivity index (χ2n) is 5.98. The normalized spacial score (nSPS) is 20.6. The van der Waals surface area contributed by atoms with Crippen LogP contribution in [0, 0.1) is 17.5 Å². The molecule has 2 heterocycles. The minimum absolute atomic E-state index is 0.146.